The maximum Gasteiger partial charge on any atom is 0.167 e. The minimum atomic E-state index is 0.702. The van der Waals surface area contributed by atoms with Gasteiger partial charge in [0.2, 0.25) is 0 Å². The zero-order chi connectivity index (χ0) is 13.1. The number of aromatic nitrogens is 1. The third-order valence-corrected chi connectivity index (χ3v) is 3.49. The molecule has 1 fully saturated rings. The highest BCUT2D eigenvalue weighted by molar-refractivity contribution is 5.57. The predicted molar refractivity (Wildman–Crippen MR) is 75.8 cm³/mol. The second kappa shape index (κ2) is 5.57. The summed E-state index contributed by atoms with van der Waals surface area (Å²) in [6, 6.07) is 11.3. The molecule has 1 aromatic carbocycles. The second-order valence-electron chi connectivity index (χ2n) is 5.28. The van der Waals surface area contributed by atoms with Crippen molar-refractivity contribution in [1.29, 1.82) is 0 Å². The maximum atomic E-state index is 5.41. The summed E-state index contributed by atoms with van der Waals surface area (Å²) in [6.07, 6.45) is 4.90. The van der Waals surface area contributed by atoms with Crippen molar-refractivity contribution >= 4 is 0 Å². The van der Waals surface area contributed by atoms with Crippen molar-refractivity contribution < 1.29 is 4.52 Å². The molecule has 0 unspecified atom stereocenters. The molecule has 2 aromatic rings. The normalized spacial score (nSPS) is 14.8. The zero-order valence-electron chi connectivity index (χ0n) is 11.4. The summed E-state index contributed by atoms with van der Waals surface area (Å²) >= 11 is 0. The van der Waals surface area contributed by atoms with Gasteiger partial charge in [0.25, 0.3) is 0 Å². The van der Waals surface area contributed by atoms with Gasteiger partial charge in [-0.1, -0.05) is 42.8 Å². The Morgan fingerprint density at radius 1 is 1.26 bits per heavy atom. The number of hydrogen-bond donors (Lipinski definition) is 1. The van der Waals surface area contributed by atoms with Gasteiger partial charge in [0, 0.05) is 24.2 Å². The minimum absolute atomic E-state index is 0.702. The zero-order valence-corrected chi connectivity index (χ0v) is 11.4. The van der Waals surface area contributed by atoms with Crippen LogP contribution in [-0.4, -0.2) is 11.2 Å². The van der Waals surface area contributed by atoms with Gasteiger partial charge in [-0.05, 0) is 24.8 Å². The molecule has 0 radical (unpaired) electrons. The van der Waals surface area contributed by atoms with Gasteiger partial charge in [-0.3, -0.25) is 0 Å². The molecule has 1 aliphatic rings. The summed E-state index contributed by atoms with van der Waals surface area (Å²) in [5, 5.41) is 7.55. The molecule has 0 spiro atoms. The fraction of sp³-hybridized carbons (Fsp3) is 0.438. The standard InChI is InChI=1S/C16H20N2O/c1-2-3-12-4-6-13(7-5-12)16-10-15(18-19-16)11-17-14-8-9-14/h4-7,10,14,17H,2-3,8-9,11H2,1H3. The Hall–Kier alpha value is -1.61. The van der Waals surface area contributed by atoms with E-state index in [9.17, 15) is 0 Å². The van der Waals surface area contributed by atoms with E-state index in [1.807, 2.05) is 6.07 Å². The lowest BCUT2D eigenvalue weighted by Crippen LogP contribution is -2.15. The molecular weight excluding hydrogens is 236 g/mol. The van der Waals surface area contributed by atoms with E-state index in [2.05, 4.69) is 41.7 Å². The molecule has 19 heavy (non-hydrogen) atoms. The Labute approximate surface area is 114 Å². The minimum Gasteiger partial charge on any atom is -0.356 e. The first-order valence-corrected chi connectivity index (χ1v) is 7.13. The van der Waals surface area contributed by atoms with Crippen LogP contribution in [0.1, 0.15) is 37.4 Å². The molecule has 1 heterocycles. The van der Waals surface area contributed by atoms with Gasteiger partial charge in [0.05, 0.1) is 5.69 Å². The number of aryl methyl sites for hydroxylation is 1. The van der Waals surface area contributed by atoms with Crippen molar-refractivity contribution in [2.45, 2.75) is 45.2 Å². The Morgan fingerprint density at radius 3 is 2.74 bits per heavy atom. The predicted octanol–water partition coefficient (Wildman–Crippen LogP) is 3.55. The van der Waals surface area contributed by atoms with Crippen molar-refractivity contribution in [1.82, 2.24) is 10.5 Å². The average molecular weight is 256 g/mol. The number of nitrogens with one attached hydrogen (secondary N) is 1. The van der Waals surface area contributed by atoms with E-state index >= 15 is 0 Å². The lowest BCUT2D eigenvalue weighted by atomic mass is 10.1. The van der Waals surface area contributed by atoms with Crippen LogP contribution in [0.15, 0.2) is 34.9 Å². The highest BCUT2D eigenvalue weighted by Gasteiger charge is 2.20. The lowest BCUT2D eigenvalue weighted by molar-refractivity contribution is 0.420. The van der Waals surface area contributed by atoms with E-state index < -0.39 is 0 Å². The molecule has 0 saturated heterocycles. The monoisotopic (exact) mass is 256 g/mol. The SMILES string of the molecule is CCCc1ccc(-c2cc(CNC3CC3)no2)cc1. The Kier molecular flexibility index (Phi) is 3.65. The third-order valence-electron chi connectivity index (χ3n) is 3.49. The first-order chi connectivity index (χ1) is 9.35. The maximum absolute atomic E-state index is 5.41. The smallest absolute Gasteiger partial charge is 0.167 e. The topological polar surface area (TPSA) is 38.1 Å². The van der Waals surface area contributed by atoms with Crippen molar-refractivity contribution in [3.05, 3.63) is 41.6 Å². The number of hydrogen-bond acceptors (Lipinski definition) is 3. The van der Waals surface area contributed by atoms with E-state index in [1.165, 1.54) is 24.8 Å². The highest BCUT2D eigenvalue weighted by Crippen LogP contribution is 2.23. The molecule has 3 heteroatoms. The van der Waals surface area contributed by atoms with Gasteiger partial charge >= 0.3 is 0 Å². The summed E-state index contributed by atoms with van der Waals surface area (Å²) in [5.74, 6) is 0.857. The van der Waals surface area contributed by atoms with Crippen LogP contribution in [0.2, 0.25) is 0 Å². The summed E-state index contributed by atoms with van der Waals surface area (Å²) in [4.78, 5) is 0. The van der Waals surface area contributed by atoms with E-state index in [1.54, 1.807) is 0 Å². The molecule has 100 valence electrons. The summed E-state index contributed by atoms with van der Waals surface area (Å²) in [7, 11) is 0. The Bertz CT molecular complexity index is 526. The van der Waals surface area contributed by atoms with Crippen molar-refractivity contribution in [2.24, 2.45) is 0 Å². The van der Waals surface area contributed by atoms with E-state index in [-0.39, 0.29) is 0 Å². The van der Waals surface area contributed by atoms with E-state index in [0.29, 0.717) is 6.04 Å². The fourth-order valence-corrected chi connectivity index (χ4v) is 2.19. The fourth-order valence-electron chi connectivity index (χ4n) is 2.19. The van der Waals surface area contributed by atoms with Crippen LogP contribution in [0.5, 0.6) is 0 Å². The third kappa shape index (κ3) is 3.24. The highest BCUT2D eigenvalue weighted by atomic mass is 16.5. The Morgan fingerprint density at radius 2 is 2.05 bits per heavy atom. The molecule has 1 N–H and O–H groups in total. The second-order valence-corrected chi connectivity index (χ2v) is 5.28. The Balaban J connectivity index is 1.66. The van der Waals surface area contributed by atoms with Crippen LogP contribution in [-0.2, 0) is 13.0 Å². The molecule has 1 aromatic heterocycles. The van der Waals surface area contributed by atoms with Crippen molar-refractivity contribution in [3.63, 3.8) is 0 Å². The van der Waals surface area contributed by atoms with Crippen LogP contribution in [0.25, 0.3) is 11.3 Å². The van der Waals surface area contributed by atoms with Gasteiger partial charge in [-0.15, -0.1) is 0 Å². The summed E-state index contributed by atoms with van der Waals surface area (Å²) in [5.41, 5.74) is 3.46. The van der Waals surface area contributed by atoms with Gasteiger partial charge in [0.1, 0.15) is 0 Å². The number of nitrogens with zero attached hydrogens (tertiary/aromatic N) is 1. The molecule has 0 bridgehead atoms. The molecule has 1 saturated carbocycles. The van der Waals surface area contributed by atoms with E-state index in [0.717, 1.165) is 30.0 Å². The van der Waals surface area contributed by atoms with Gasteiger partial charge in [-0.25, -0.2) is 0 Å². The van der Waals surface area contributed by atoms with Crippen molar-refractivity contribution in [3.8, 4) is 11.3 Å². The summed E-state index contributed by atoms with van der Waals surface area (Å²) < 4.78 is 5.41. The van der Waals surface area contributed by atoms with Gasteiger partial charge in [-0.2, -0.15) is 0 Å². The van der Waals surface area contributed by atoms with Crippen LogP contribution in [0.4, 0.5) is 0 Å². The molecule has 0 atom stereocenters. The molecule has 1 aliphatic carbocycles. The summed E-state index contributed by atoms with van der Waals surface area (Å²) in [6.45, 7) is 3.01. The number of rotatable bonds is 6. The largest absolute Gasteiger partial charge is 0.356 e. The van der Waals surface area contributed by atoms with Gasteiger partial charge < -0.3 is 9.84 Å². The molecular formula is C16H20N2O. The van der Waals surface area contributed by atoms with E-state index in [4.69, 9.17) is 4.52 Å². The van der Waals surface area contributed by atoms with Crippen LogP contribution >= 0.6 is 0 Å². The quantitative estimate of drug-likeness (QED) is 0.859. The van der Waals surface area contributed by atoms with Crippen LogP contribution in [0, 0.1) is 0 Å². The lowest BCUT2D eigenvalue weighted by Gasteiger charge is -1.99. The van der Waals surface area contributed by atoms with Crippen LogP contribution < -0.4 is 5.32 Å². The van der Waals surface area contributed by atoms with Gasteiger partial charge in [0.15, 0.2) is 5.76 Å². The average Bonchev–Trinajstić information content (AvgIpc) is 3.15. The number of benzene rings is 1. The first kappa shape index (κ1) is 12.4. The molecule has 3 rings (SSSR count). The first-order valence-electron chi connectivity index (χ1n) is 7.13. The molecule has 0 amide bonds. The molecule has 0 aliphatic heterocycles. The molecule has 3 nitrogen and oxygen atoms in total. The van der Waals surface area contributed by atoms with Crippen LogP contribution in [0.3, 0.4) is 0 Å². The van der Waals surface area contributed by atoms with Crippen molar-refractivity contribution in [2.75, 3.05) is 0 Å².